The molecule has 0 aliphatic carbocycles. The lowest BCUT2D eigenvalue weighted by atomic mass is 10.1. The van der Waals surface area contributed by atoms with E-state index < -0.39 is 23.4 Å². The van der Waals surface area contributed by atoms with Gasteiger partial charge in [-0.3, -0.25) is 0 Å². The minimum absolute atomic E-state index is 0.0318. The molecule has 0 fully saturated rings. The number of alkyl halides is 3. The van der Waals surface area contributed by atoms with Crippen molar-refractivity contribution in [3.63, 3.8) is 0 Å². The topological polar surface area (TPSA) is 12.5 Å². The zero-order chi connectivity index (χ0) is 20.5. The molecule has 0 radical (unpaired) electrons. The number of anilines is 1. The van der Waals surface area contributed by atoms with E-state index >= 15 is 0 Å². The highest BCUT2D eigenvalue weighted by molar-refractivity contribution is 9.11. The minimum Gasteiger partial charge on any atom is -0.488 e. The summed E-state index contributed by atoms with van der Waals surface area (Å²) < 4.78 is 72.8. The van der Waals surface area contributed by atoms with Gasteiger partial charge < -0.3 is 9.64 Å². The van der Waals surface area contributed by atoms with E-state index in [2.05, 4.69) is 15.9 Å². The summed E-state index contributed by atoms with van der Waals surface area (Å²) in [6.45, 7) is 1.64. The number of allylic oxidation sites excluding steroid dienone is 2. The van der Waals surface area contributed by atoms with Gasteiger partial charge in [0, 0.05) is 23.4 Å². The van der Waals surface area contributed by atoms with Crippen LogP contribution in [0, 0.1) is 11.6 Å². The van der Waals surface area contributed by atoms with Crippen molar-refractivity contribution in [1.82, 2.24) is 0 Å². The average Bonchev–Trinajstić information content (AvgIpc) is 2.62. The molecule has 0 saturated heterocycles. The summed E-state index contributed by atoms with van der Waals surface area (Å²) in [6.07, 6.45) is -2.91. The number of benzene rings is 2. The Hall–Kier alpha value is -2.35. The van der Waals surface area contributed by atoms with Crippen molar-refractivity contribution < 1.29 is 26.7 Å². The van der Waals surface area contributed by atoms with Crippen molar-refractivity contribution in [2.24, 2.45) is 0 Å². The van der Waals surface area contributed by atoms with Crippen molar-refractivity contribution in [3.8, 4) is 0 Å². The molecule has 1 heterocycles. The summed E-state index contributed by atoms with van der Waals surface area (Å²) in [5, 5.41) is 0. The van der Waals surface area contributed by atoms with E-state index in [-0.39, 0.29) is 24.4 Å². The van der Waals surface area contributed by atoms with Crippen molar-refractivity contribution in [2.45, 2.75) is 19.7 Å². The molecule has 0 atom stereocenters. The quantitative estimate of drug-likeness (QED) is 0.481. The Balaban J connectivity index is 1.81. The molecule has 2 aromatic carbocycles. The predicted octanol–water partition coefficient (Wildman–Crippen LogP) is 6.53. The van der Waals surface area contributed by atoms with Gasteiger partial charge in [-0.25, -0.2) is 8.78 Å². The first-order chi connectivity index (χ1) is 13.2. The van der Waals surface area contributed by atoms with Crippen LogP contribution in [0.1, 0.15) is 18.1 Å². The standard InChI is InChI=1S/C20H15BrF5NO/c1-12-8-19(28-11-13-6-7-14(22)9-17(13)23)16(21)10-27(12)18-5-3-2-4-15(18)20(24,25)26/h2-9H,10-11H2,1H3. The number of halogens is 6. The van der Waals surface area contributed by atoms with Crippen LogP contribution in [0.2, 0.25) is 0 Å². The number of rotatable bonds is 4. The van der Waals surface area contributed by atoms with Gasteiger partial charge in [-0.2, -0.15) is 13.2 Å². The Bertz CT molecular complexity index is 952. The summed E-state index contributed by atoms with van der Waals surface area (Å²) in [7, 11) is 0. The first kappa shape index (κ1) is 20.4. The summed E-state index contributed by atoms with van der Waals surface area (Å²) in [5.74, 6) is -1.04. The molecule has 2 nitrogen and oxygen atoms in total. The Kier molecular flexibility index (Phi) is 5.79. The molecule has 1 aliphatic rings. The van der Waals surface area contributed by atoms with Crippen LogP contribution in [0.15, 0.2) is 64.5 Å². The first-order valence-electron chi connectivity index (χ1n) is 8.24. The first-order valence-corrected chi connectivity index (χ1v) is 9.03. The molecule has 3 rings (SSSR count). The highest BCUT2D eigenvalue weighted by atomic mass is 79.9. The zero-order valence-corrected chi connectivity index (χ0v) is 16.2. The van der Waals surface area contributed by atoms with E-state index in [4.69, 9.17) is 4.74 Å². The lowest BCUT2D eigenvalue weighted by molar-refractivity contribution is -0.137. The summed E-state index contributed by atoms with van der Waals surface area (Å²) in [4.78, 5) is 1.51. The molecule has 0 amide bonds. The maximum atomic E-state index is 13.7. The van der Waals surface area contributed by atoms with Crippen LogP contribution in [-0.2, 0) is 17.5 Å². The van der Waals surface area contributed by atoms with E-state index in [0.717, 1.165) is 18.2 Å². The van der Waals surface area contributed by atoms with Crippen LogP contribution in [0.3, 0.4) is 0 Å². The van der Waals surface area contributed by atoms with Gasteiger partial charge in [-0.15, -0.1) is 0 Å². The van der Waals surface area contributed by atoms with Gasteiger partial charge in [0.1, 0.15) is 24.0 Å². The molecule has 0 N–H and O–H groups in total. The minimum atomic E-state index is -4.48. The van der Waals surface area contributed by atoms with Crippen LogP contribution in [0.5, 0.6) is 0 Å². The largest absolute Gasteiger partial charge is 0.488 e. The summed E-state index contributed by atoms with van der Waals surface area (Å²) >= 11 is 3.33. The lowest BCUT2D eigenvalue weighted by Gasteiger charge is -2.31. The van der Waals surface area contributed by atoms with Gasteiger partial charge in [0.2, 0.25) is 0 Å². The fraction of sp³-hybridized carbons (Fsp3) is 0.200. The van der Waals surface area contributed by atoms with Crippen LogP contribution in [0.25, 0.3) is 0 Å². The second-order valence-corrected chi connectivity index (χ2v) is 7.14. The van der Waals surface area contributed by atoms with Crippen LogP contribution in [0.4, 0.5) is 27.6 Å². The Labute approximate surface area is 167 Å². The third-order valence-electron chi connectivity index (χ3n) is 4.23. The molecule has 8 heteroatoms. The van der Waals surface area contributed by atoms with Crippen molar-refractivity contribution in [2.75, 3.05) is 11.4 Å². The molecule has 0 saturated carbocycles. The fourth-order valence-electron chi connectivity index (χ4n) is 2.83. The van der Waals surface area contributed by atoms with Gasteiger partial charge in [0.15, 0.2) is 0 Å². The number of hydrogen-bond donors (Lipinski definition) is 0. The van der Waals surface area contributed by atoms with E-state index in [1.807, 2.05) is 0 Å². The summed E-state index contributed by atoms with van der Waals surface area (Å²) in [5.41, 5.74) is 0.00436. The number of nitrogens with zero attached hydrogens (tertiary/aromatic N) is 1. The Morgan fingerprint density at radius 1 is 1.11 bits per heavy atom. The third-order valence-corrected chi connectivity index (χ3v) is 4.87. The molecule has 2 aromatic rings. The smallest absolute Gasteiger partial charge is 0.418 e. The molecule has 0 aromatic heterocycles. The molecule has 0 spiro atoms. The van der Waals surface area contributed by atoms with Crippen molar-refractivity contribution in [1.29, 1.82) is 0 Å². The van der Waals surface area contributed by atoms with Crippen LogP contribution >= 0.6 is 15.9 Å². The second-order valence-electron chi connectivity index (χ2n) is 6.18. The molecular weight excluding hydrogens is 445 g/mol. The maximum Gasteiger partial charge on any atom is 0.418 e. The van der Waals surface area contributed by atoms with E-state index in [0.29, 0.717) is 15.9 Å². The normalized spacial score (nSPS) is 15.0. The molecule has 0 unspecified atom stereocenters. The second kappa shape index (κ2) is 7.95. The molecule has 1 aliphatic heterocycles. The monoisotopic (exact) mass is 459 g/mol. The highest BCUT2D eigenvalue weighted by Gasteiger charge is 2.35. The number of para-hydroxylation sites is 1. The Morgan fingerprint density at radius 2 is 1.82 bits per heavy atom. The number of hydrogen-bond acceptors (Lipinski definition) is 2. The summed E-state index contributed by atoms with van der Waals surface area (Å²) in [6, 6.07) is 8.49. The zero-order valence-electron chi connectivity index (χ0n) is 14.7. The van der Waals surface area contributed by atoms with E-state index in [9.17, 15) is 22.0 Å². The number of ether oxygens (including phenoxy) is 1. The third kappa shape index (κ3) is 4.38. The lowest BCUT2D eigenvalue weighted by Crippen LogP contribution is -2.28. The van der Waals surface area contributed by atoms with E-state index in [1.165, 1.54) is 23.1 Å². The van der Waals surface area contributed by atoms with Gasteiger partial charge in [0.05, 0.1) is 22.3 Å². The van der Waals surface area contributed by atoms with Crippen LogP contribution in [-0.4, -0.2) is 6.54 Å². The maximum absolute atomic E-state index is 13.7. The predicted molar refractivity (Wildman–Crippen MR) is 99.6 cm³/mol. The van der Waals surface area contributed by atoms with E-state index in [1.54, 1.807) is 19.1 Å². The fourth-order valence-corrected chi connectivity index (χ4v) is 3.31. The van der Waals surface area contributed by atoms with Gasteiger partial charge in [0.25, 0.3) is 0 Å². The molecule has 148 valence electrons. The van der Waals surface area contributed by atoms with Gasteiger partial charge in [-0.05, 0) is 47.1 Å². The van der Waals surface area contributed by atoms with Crippen molar-refractivity contribution >= 4 is 21.6 Å². The van der Waals surface area contributed by atoms with Gasteiger partial charge in [-0.1, -0.05) is 12.1 Å². The SMILES string of the molecule is CC1=CC(OCc2ccc(F)cc2F)=C(Br)CN1c1ccccc1C(F)(F)F. The van der Waals surface area contributed by atoms with Gasteiger partial charge >= 0.3 is 6.18 Å². The Morgan fingerprint density at radius 3 is 2.50 bits per heavy atom. The molecular formula is C20H15BrF5NO. The average molecular weight is 460 g/mol. The van der Waals surface area contributed by atoms with Crippen molar-refractivity contribution in [3.05, 3.63) is 87.2 Å². The molecule has 0 bridgehead atoms. The highest BCUT2D eigenvalue weighted by Crippen LogP contribution is 2.39. The molecule has 28 heavy (non-hydrogen) atoms. The van der Waals surface area contributed by atoms with Crippen LogP contribution < -0.4 is 4.90 Å².